The summed E-state index contributed by atoms with van der Waals surface area (Å²) in [5.41, 5.74) is 0. The summed E-state index contributed by atoms with van der Waals surface area (Å²) in [6.45, 7) is 0. The van der Waals surface area contributed by atoms with Crippen LogP contribution in [0.2, 0.25) is 5.15 Å². The number of hydrogen-bond acceptors (Lipinski definition) is 5. The molecule has 2 aromatic rings. The summed E-state index contributed by atoms with van der Waals surface area (Å²) in [6.07, 6.45) is 2.49. The number of halogens is 1. The highest BCUT2D eigenvalue weighted by molar-refractivity contribution is 7.92. The van der Waals surface area contributed by atoms with Crippen LogP contribution in [0, 0.1) is 0 Å². The standard InChI is InChI=1S/C11H10ClN3O3S/c1-18-8-3-2-4-9(5-8)19(16,17)15-11-7-13-10(12)6-14-11/h2-7H,1H3,(H,14,15). The second kappa shape index (κ2) is 5.41. The number of methoxy groups -OCH3 is 1. The van der Waals surface area contributed by atoms with Crippen molar-refractivity contribution in [3.05, 3.63) is 41.8 Å². The van der Waals surface area contributed by atoms with Crippen LogP contribution in [-0.2, 0) is 10.0 Å². The van der Waals surface area contributed by atoms with Crippen LogP contribution in [-0.4, -0.2) is 25.5 Å². The van der Waals surface area contributed by atoms with E-state index in [-0.39, 0.29) is 15.9 Å². The van der Waals surface area contributed by atoms with Crippen molar-refractivity contribution in [1.82, 2.24) is 9.97 Å². The zero-order chi connectivity index (χ0) is 13.9. The smallest absolute Gasteiger partial charge is 0.263 e. The first-order chi connectivity index (χ1) is 9.01. The van der Waals surface area contributed by atoms with E-state index in [1.165, 1.54) is 31.6 Å². The summed E-state index contributed by atoms with van der Waals surface area (Å²) < 4.78 is 31.5. The fraction of sp³-hybridized carbons (Fsp3) is 0.0909. The SMILES string of the molecule is COc1cccc(S(=O)(=O)Nc2cnc(Cl)cn2)c1. The molecule has 1 aromatic heterocycles. The van der Waals surface area contributed by atoms with Gasteiger partial charge in [-0.3, -0.25) is 4.72 Å². The Bertz CT molecular complexity index is 674. The summed E-state index contributed by atoms with van der Waals surface area (Å²) in [5, 5.41) is 0.185. The van der Waals surface area contributed by atoms with Crippen molar-refractivity contribution in [2.45, 2.75) is 4.90 Å². The molecule has 0 atom stereocenters. The first-order valence-electron chi connectivity index (χ1n) is 5.16. The minimum Gasteiger partial charge on any atom is -0.497 e. The lowest BCUT2D eigenvalue weighted by atomic mass is 10.3. The van der Waals surface area contributed by atoms with E-state index in [9.17, 15) is 8.42 Å². The number of nitrogens with zero attached hydrogens (tertiary/aromatic N) is 2. The van der Waals surface area contributed by atoms with Crippen LogP contribution in [0.15, 0.2) is 41.6 Å². The fourth-order valence-electron chi connectivity index (χ4n) is 1.33. The van der Waals surface area contributed by atoms with Gasteiger partial charge in [-0.1, -0.05) is 17.7 Å². The van der Waals surface area contributed by atoms with Gasteiger partial charge in [0.25, 0.3) is 10.0 Å². The third-order valence-electron chi connectivity index (χ3n) is 2.21. The second-order valence-corrected chi connectivity index (χ2v) is 5.58. The Morgan fingerprint density at radius 2 is 2.05 bits per heavy atom. The number of rotatable bonds is 4. The van der Waals surface area contributed by atoms with E-state index in [4.69, 9.17) is 16.3 Å². The largest absolute Gasteiger partial charge is 0.497 e. The molecule has 0 spiro atoms. The van der Waals surface area contributed by atoms with E-state index >= 15 is 0 Å². The molecule has 8 heteroatoms. The molecule has 0 fully saturated rings. The van der Waals surface area contributed by atoms with Gasteiger partial charge in [-0.15, -0.1) is 0 Å². The van der Waals surface area contributed by atoms with Crippen molar-refractivity contribution in [2.75, 3.05) is 11.8 Å². The zero-order valence-electron chi connectivity index (χ0n) is 9.87. The molecule has 0 unspecified atom stereocenters. The van der Waals surface area contributed by atoms with E-state index in [2.05, 4.69) is 14.7 Å². The van der Waals surface area contributed by atoms with Gasteiger partial charge in [0.1, 0.15) is 10.9 Å². The van der Waals surface area contributed by atoms with Gasteiger partial charge >= 0.3 is 0 Å². The topological polar surface area (TPSA) is 81.2 Å². The Morgan fingerprint density at radius 3 is 2.68 bits per heavy atom. The number of anilines is 1. The van der Waals surface area contributed by atoms with Gasteiger partial charge in [0.2, 0.25) is 0 Å². The van der Waals surface area contributed by atoms with Crippen molar-refractivity contribution >= 4 is 27.4 Å². The highest BCUT2D eigenvalue weighted by Gasteiger charge is 2.15. The third kappa shape index (κ3) is 3.33. The molecule has 1 N–H and O–H groups in total. The average molecular weight is 300 g/mol. The molecule has 6 nitrogen and oxygen atoms in total. The number of hydrogen-bond donors (Lipinski definition) is 1. The van der Waals surface area contributed by atoms with Gasteiger partial charge in [0.05, 0.1) is 24.4 Å². The molecule has 0 amide bonds. The third-order valence-corrected chi connectivity index (χ3v) is 3.76. The Kier molecular flexibility index (Phi) is 3.87. The molecule has 19 heavy (non-hydrogen) atoms. The molecule has 0 aliphatic rings. The highest BCUT2D eigenvalue weighted by atomic mass is 35.5. The predicted octanol–water partition coefficient (Wildman–Crippen LogP) is 1.94. The summed E-state index contributed by atoms with van der Waals surface area (Å²) in [7, 11) is -2.27. The van der Waals surface area contributed by atoms with Crippen molar-refractivity contribution in [3.63, 3.8) is 0 Å². The van der Waals surface area contributed by atoms with Crippen LogP contribution in [0.5, 0.6) is 5.75 Å². The van der Waals surface area contributed by atoms with Crippen molar-refractivity contribution in [2.24, 2.45) is 0 Å². The number of ether oxygens (including phenoxy) is 1. The maximum atomic E-state index is 12.1. The maximum absolute atomic E-state index is 12.1. The lowest BCUT2D eigenvalue weighted by molar-refractivity contribution is 0.413. The van der Waals surface area contributed by atoms with Gasteiger partial charge < -0.3 is 4.74 Å². The van der Waals surface area contributed by atoms with E-state index in [0.717, 1.165) is 0 Å². The molecule has 0 saturated heterocycles. The van der Waals surface area contributed by atoms with Gasteiger partial charge in [0, 0.05) is 6.07 Å². The molecule has 0 radical (unpaired) electrons. The molecule has 2 rings (SSSR count). The number of benzene rings is 1. The number of sulfonamides is 1. The molecule has 1 heterocycles. The number of nitrogens with one attached hydrogen (secondary N) is 1. The molecule has 0 aliphatic heterocycles. The normalized spacial score (nSPS) is 11.1. The average Bonchev–Trinajstić information content (AvgIpc) is 2.41. The van der Waals surface area contributed by atoms with E-state index in [1.54, 1.807) is 12.1 Å². The second-order valence-electron chi connectivity index (χ2n) is 3.51. The van der Waals surface area contributed by atoms with Crippen LogP contribution in [0.4, 0.5) is 5.82 Å². The van der Waals surface area contributed by atoms with Crippen LogP contribution >= 0.6 is 11.6 Å². The summed E-state index contributed by atoms with van der Waals surface area (Å²) in [6, 6.07) is 6.10. The molecule has 1 aromatic carbocycles. The van der Waals surface area contributed by atoms with Crippen LogP contribution in [0.3, 0.4) is 0 Å². The Balaban J connectivity index is 2.29. The first-order valence-corrected chi connectivity index (χ1v) is 7.02. The molecular formula is C11H10ClN3O3S. The highest BCUT2D eigenvalue weighted by Crippen LogP contribution is 2.19. The lowest BCUT2D eigenvalue weighted by Crippen LogP contribution is -2.14. The zero-order valence-corrected chi connectivity index (χ0v) is 11.4. The van der Waals surface area contributed by atoms with Gasteiger partial charge in [-0.2, -0.15) is 0 Å². The predicted molar refractivity (Wildman–Crippen MR) is 70.8 cm³/mol. The first kappa shape index (κ1) is 13.6. The Hall–Kier alpha value is -1.86. The molecule has 0 bridgehead atoms. The molecular weight excluding hydrogens is 290 g/mol. The summed E-state index contributed by atoms with van der Waals surface area (Å²) in [5.74, 6) is 0.539. The van der Waals surface area contributed by atoms with Crippen LogP contribution < -0.4 is 9.46 Å². The molecule has 0 saturated carbocycles. The Labute approximate surface area is 115 Å². The minimum absolute atomic E-state index is 0.0728. The van der Waals surface area contributed by atoms with Crippen molar-refractivity contribution in [3.8, 4) is 5.75 Å². The van der Waals surface area contributed by atoms with E-state index in [0.29, 0.717) is 5.75 Å². The molecule has 100 valence electrons. The summed E-state index contributed by atoms with van der Waals surface area (Å²) in [4.78, 5) is 7.63. The van der Waals surface area contributed by atoms with Crippen LogP contribution in [0.25, 0.3) is 0 Å². The summed E-state index contributed by atoms with van der Waals surface area (Å²) >= 11 is 5.57. The van der Waals surface area contributed by atoms with Gasteiger partial charge in [-0.25, -0.2) is 18.4 Å². The van der Waals surface area contributed by atoms with Crippen molar-refractivity contribution < 1.29 is 13.2 Å². The fourth-order valence-corrected chi connectivity index (χ4v) is 2.46. The van der Waals surface area contributed by atoms with Gasteiger partial charge in [0.15, 0.2) is 5.82 Å². The minimum atomic E-state index is -3.73. The van der Waals surface area contributed by atoms with Crippen molar-refractivity contribution in [1.29, 1.82) is 0 Å². The quantitative estimate of drug-likeness (QED) is 0.933. The van der Waals surface area contributed by atoms with Gasteiger partial charge in [-0.05, 0) is 12.1 Å². The Morgan fingerprint density at radius 1 is 1.26 bits per heavy atom. The van der Waals surface area contributed by atoms with E-state index in [1.807, 2.05) is 0 Å². The maximum Gasteiger partial charge on any atom is 0.263 e. The number of aromatic nitrogens is 2. The monoisotopic (exact) mass is 299 g/mol. The lowest BCUT2D eigenvalue weighted by Gasteiger charge is -2.08. The van der Waals surface area contributed by atoms with Crippen LogP contribution in [0.1, 0.15) is 0 Å². The van der Waals surface area contributed by atoms with E-state index < -0.39 is 10.0 Å². The molecule has 0 aliphatic carbocycles.